The Bertz CT molecular complexity index is 562. The fourth-order valence-electron chi connectivity index (χ4n) is 8.45. The Hall–Kier alpha value is 0.270. The summed E-state index contributed by atoms with van der Waals surface area (Å²) < 4.78 is 12.2. The lowest BCUT2D eigenvalue weighted by Gasteiger charge is -2.23. The molecule has 2 aliphatic heterocycles. The molecular weight excluding hydrogens is 593 g/mol. The van der Waals surface area contributed by atoms with Gasteiger partial charge in [-0.15, -0.1) is 0 Å². The number of unbranched alkanes of at least 4 members (excludes halogenated alkanes) is 22. The summed E-state index contributed by atoms with van der Waals surface area (Å²) in [5, 5.41) is 0. The topological polar surface area (TPSA) is 18.5 Å². The maximum absolute atomic E-state index is 6.09. The average Bonchev–Trinajstić information content (AvgIpc) is 3.83. The van der Waals surface area contributed by atoms with E-state index in [1.165, 1.54) is 230 Å². The fourth-order valence-corrected chi connectivity index (χ4v) is 9.47. The Labute approximate surface area is 301 Å². The second-order valence-corrected chi connectivity index (χ2v) is 17.1. The smallest absolute Gasteiger partial charge is 0.0604 e. The summed E-state index contributed by atoms with van der Waals surface area (Å²) in [4.78, 5) is 0. The average molecular weight is 679 g/mol. The number of hydrogen-bond donors (Lipinski definition) is 0. The van der Waals surface area contributed by atoms with E-state index in [-0.39, 0.29) is 0 Å². The molecule has 4 unspecified atom stereocenters. The van der Waals surface area contributed by atoms with Gasteiger partial charge in [-0.25, -0.2) is 0 Å². The van der Waals surface area contributed by atoms with Crippen LogP contribution in [-0.2, 0) is 9.47 Å². The Kier molecular flexibility index (Phi) is 30.9. The minimum absolute atomic E-state index is 0.593. The van der Waals surface area contributed by atoms with Crippen LogP contribution in [-0.4, -0.2) is 36.9 Å². The van der Waals surface area contributed by atoms with Crippen LogP contribution in [0, 0.1) is 11.8 Å². The molecule has 2 nitrogen and oxygen atoms in total. The molecule has 2 fully saturated rings. The van der Waals surface area contributed by atoms with Gasteiger partial charge in [-0.3, -0.25) is 0 Å². The SMILES string of the molecule is CCCCCCC(CCCCCCCCCCCSCCCCCCCCCCCC(CCCCCC)C1CCCO1)C1CCCO1. The maximum atomic E-state index is 6.09. The number of ether oxygens (including phenoxy) is 2. The summed E-state index contributed by atoms with van der Waals surface area (Å²) in [6.07, 6.45) is 49.6. The summed E-state index contributed by atoms with van der Waals surface area (Å²) in [7, 11) is 0. The van der Waals surface area contributed by atoms with Crippen molar-refractivity contribution in [2.24, 2.45) is 11.8 Å². The van der Waals surface area contributed by atoms with Crippen LogP contribution in [0.25, 0.3) is 0 Å². The molecule has 3 heteroatoms. The Morgan fingerprint density at radius 2 is 0.702 bits per heavy atom. The van der Waals surface area contributed by atoms with Crippen molar-refractivity contribution in [3.05, 3.63) is 0 Å². The van der Waals surface area contributed by atoms with E-state index in [1.54, 1.807) is 0 Å². The third-order valence-electron chi connectivity index (χ3n) is 11.6. The van der Waals surface area contributed by atoms with Gasteiger partial charge in [-0.05, 0) is 87.5 Å². The van der Waals surface area contributed by atoms with Crippen molar-refractivity contribution in [3.63, 3.8) is 0 Å². The van der Waals surface area contributed by atoms with Crippen molar-refractivity contribution in [1.29, 1.82) is 0 Å². The van der Waals surface area contributed by atoms with Crippen molar-refractivity contribution in [2.75, 3.05) is 24.7 Å². The van der Waals surface area contributed by atoms with Crippen molar-refractivity contribution in [1.82, 2.24) is 0 Å². The van der Waals surface area contributed by atoms with Crippen molar-refractivity contribution >= 4 is 11.8 Å². The molecule has 2 saturated heterocycles. The van der Waals surface area contributed by atoms with Crippen LogP contribution in [0.1, 0.15) is 232 Å². The number of hydrogen-bond acceptors (Lipinski definition) is 3. The normalized spacial score (nSPS) is 19.5. The zero-order valence-electron chi connectivity index (χ0n) is 32.4. The molecule has 0 aromatic heterocycles. The zero-order chi connectivity index (χ0) is 33.3. The Morgan fingerprint density at radius 3 is 1.00 bits per heavy atom. The standard InChI is InChI=1S/C44H86O2S/c1-3-5-7-23-31-41(43-35-29-37-45-43)33-25-19-15-11-9-13-17-21-27-39-47-40-28-22-18-14-10-12-16-20-26-34-42(32-24-8-6-4-2)44-36-30-38-46-44/h41-44H,3-40H2,1-2H3. The van der Waals surface area contributed by atoms with Crippen LogP contribution in [0.5, 0.6) is 0 Å². The monoisotopic (exact) mass is 679 g/mol. The van der Waals surface area contributed by atoms with Gasteiger partial charge >= 0.3 is 0 Å². The van der Waals surface area contributed by atoms with Gasteiger partial charge < -0.3 is 9.47 Å². The van der Waals surface area contributed by atoms with E-state index < -0.39 is 0 Å². The van der Waals surface area contributed by atoms with Crippen LogP contribution < -0.4 is 0 Å². The molecule has 0 spiro atoms. The largest absolute Gasteiger partial charge is 0.378 e. The second-order valence-electron chi connectivity index (χ2n) is 15.9. The van der Waals surface area contributed by atoms with Crippen LogP contribution in [0.4, 0.5) is 0 Å². The summed E-state index contributed by atoms with van der Waals surface area (Å²) in [6, 6.07) is 0. The van der Waals surface area contributed by atoms with Crippen LogP contribution in [0.3, 0.4) is 0 Å². The van der Waals surface area contributed by atoms with Gasteiger partial charge in [0.2, 0.25) is 0 Å². The van der Waals surface area contributed by atoms with Crippen molar-refractivity contribution in [2.45, 2.75) is 244 Å². The van der Waals surface area contributed by atoms with Gasteiger partial charge in [0.15, 0.2) is 0 Å². The third kappa shape index (κ3) is 25.0. The first-order chi connectivity index (χ1) is 23.3. The molecule has 0 amide bonds. The molecule has 0 bridgehead atoms. The predicted octanol–water partition coefficient (Wildman–Crippen LogP) is 15.1. The van der Waals surface area contributed by atoms with Crippen LogP contribution >= 0.6 is 11.8 Å². The number of rotatable bonds is 36. The molecule has 0 aromatic rings. The molecular formula is C44H86O2S. The van der Waals surface area contributed by atoms with Crippen molar-refractivity contribution in [3.8, 4) is 0 Å². The number of thioether (sulfide) groups is 1. The predicted molar refractivity (Wildman–Crippen MR) is 212 cm³/mol. The first kappa shape index (κ1) is 43.4. The first-order valence-electron chi connectivity index (χ1n) is 22.2. The molecule has 47 heavy (non-hydrogen) atoms. The lowest BCUT2D eigenvalue weighted by Crippen LogP contribution is -2.19. The molecule has 0 N–H and O–H groups in total. The molecule has 0 saturated carbocycles. The third-order valence-corrected chi connectivity index (χ3v) is 12.7. The van der Waals surface area contributed by atoms with Gasteiger partial charge in [-0.1, -0.05) is 168 Å². The molecule has 280 valence electrons. The van der Waals surface area contributed by atoms with Gasteiger partial charge in [0, 0.05) is 13.2 Å². The molecule has 0 aromatic carbocycles. The van der Waals surface area contributed by atoms with Crippen molar-refractivity contribution < 1.29 is 9.47 Å². The Morgan fingerprint density at radius 1 is 0.404 bits per heavy atom. The van der Waals surface area contributed by atoms with E-state index >= 15 is 0 Å². The van der Waals surface area contributed by atoms with E-state index in [0.29, 0.717) is 12.2 Å². The fraction of sp³-hybridized carbons (Fsp3) is 1.00. The minimum atomic E-state index is 0.593. The highest BCUT2D eigenvalue weighted by molar-refractivity contribution is 7.99. The summed E-state index contributed by atoms with van der Waals surface area (Å²) >= 11 is 2.23. The quantitative estimate of drug-likeness (QED) is 0.0615. The summed E-state index contributed by atoms with van der Waals surface area (Å²) in [5.74, 6) is 4.50. The lowest BCUT2D eigenvalue weighted by molar-refractivity contribution is 0.0537. The van der Waals surface area contributed by atoms with Crippen LogP contribution in [0.2, 0.25) is 0 Å². The maximum Gasteiger partial charge on any atom is 0.0604 e. The van der Waals surface area contributed by atoms with Gasteiger partial charge in [-0.2, -0.15) is 11.8 Å². The minimum Gasteiger partial charge on any atom is -0.378 e. The Balaban J connectivity index is 1.26. The van der Waals surface area contributed by atoms with Gasteiger partial charge in [0.05, 0.1) is 12.2 Å². The first-order valence-corrected chi connectivity index (χ1v) is 23.3. The highest BCUT2D eigenvalue weighted by Gasteiger charge is 2.26. The van der Waals surface area contributed by atoms with E-state index in [1.807, 2.05) is 0 Å². The van der Waals surface area contributed by atoms with Gasteiger partial charge in [0.25, 0.3) is 0 Å². The van der Waals surface area contributed by atoms with E-state index in [4.69, 9.17) is 9.47 Å². The summed E-state index contributed by atoms with van der Waals surface area (Å²) in [6.45, 7) is 6.68. The molecule has 2 rings (SSSR count). The second kappa shape index (κ2) is 33.4. The van der Waals surface area contributed by atoms with E-state index in [0.717, 1.165) is 25.0 Å². The molecule has 2 heterocycles. The van der Waals surface area contributed by atoms with E-state index in [9.17, 15) is 0 Å². The molecule has 0 aliphatic carbocycles. The molecule has 0 radical (unpaired) electrons. The highest BCUT2D eigenvalue weighted by Crippen LogP contribution is 2.31. The lowest BCUT2D eigenvalue weighted by atomic mass is 9.88. The zero-order valence-corrected chi connectivity index (χ0v) is 33.2. The van der Waals surface area contributed by atoms with E-state index in [2.05, 4.69) is 25.6 Å². The highest BCUT2D eigenvalue weighted by atomic mass is 32.2. The van der Waals surface area contributed by atoms with Gasteiger partial charge in [0.1, 0.15) is 0 Å². The molecule has 4 atom stereocenters. The summed E-state index contributed by atoms with van der Waals surface area (Å²) in [5.41, 5.74) is 0. The molecule has 2 aliphatic rings. The van der Waals surface area contributed by atoms with Crippen LogP contribution in [0.15, 0.2) is 0 Å².